The smallest absolute Gasteiger partial charge is 0.253 e. The Morgan fingerprint density at radius 2 is 1.79 bits per heavy atom. The first kappa shape index (κ1) is 23.9. The summed E-state index contributed by atoms with van der Waals surface area (Å²) >= 11 is 0. The van der Waals surface area contributed by atoms with E-state index in [1.165, 1.54) is 0 Å². The minimum Gasteiger partial charge on any atom is -0.384 e. The van der Waals surface area contributed by atoms with E-state index in [4.69, 9.17) is 16.1 Å². The number of aryl methyl sites for hydroxylation is 3. The summed E-state index contributed by atoms with van der Waals surface area (Å²) in [6.45, 7) is 0.501. The molecule has 0 saturated carbocycles. The fraction of sp³-hybridized carbons (Fsp3) is 0.200. The molecule has 3 N–H and O–H groups in total. The standard InChI is InChI=1S/C25H26N6O.ClH/c1-30(16-18-4-3-13-28-15-18)25(32)20-10-11-22-21(14-20)29-23(31(22)2)12-7-17-5-8-19(9-6-17)24(26)27;/h3-6,8-11,13-15H,7,12,16H2,1-2H3,(H3,26,27);1H. The van der Waals surface area contributed by atoms with E-state index in [-0.39, 0.29) is 24.1 Å². The van der Waals surface area contributed by atoms with Crippen LogP contribution in [0.2, 0.25) is 0 Å². The molecule has 0 bridgehead atoms. The molecular weight excluding hydrogens is 436 g/mol. The zero-order valence-corrected chi connectivity index (χ0v) is 19.5. The van der Waals surface area contributed by atoms with Crippen molar-refractivity contribution in [3.8, 4) is 0 Å². The monoisotopic (exact) mass is 462 g/mol. The maximum absolute atomic E-state index is 12.9. The van der Waals surface area contributed by atoms with Crippen LogP contribution in [0.1, 0.15) is 32.9 Å². The number of nitrogens with one attached hydrogen (secondary N) is 1. The van der Waals surface area contributed by atoms with E-state index in [1.54, 1.807) is 24.3 Å². The van der Waals surface area contributed by atoms with Crippen LogP contribution in [-0.2, 0) is 26.4 Å². The Bertz CT molecular complexity index is 1270. The fourth-order valence-electron chi connectivity index (χ4n) is 3.77. The van der Waals surface area contributed by atoms with E-state index < -0.39 is 0 Å². The van der Waals surface area contributed by atoms with Gasteiger partial charge in [-0.3, -0.25) is 15.2 Å². The number of benzene rings is 2. The van der Waals surface area contributed by atoms with Crippen LogP contribution in [0.25, 0.3) is 11.0 Å². The van der Waals surface area contributed by atoms with Gasteiger partial charge in [0, 0.05) is 50.6 Å². The molecule has 170 valence electrons. The number of hydrogen-bond donors (Lipinski definition) is 2. The van der Waals surface area contributed by atoms with Crippen molar-refractivity contribution in [2.75, 3.05) is 7.05 Å². The zero-order chi connectivity index (χ0) is 22.7. The summed E-state index contributed by atoms with van der Waals surface area (Å²) < 4.78 is 2.08. The van der Waals surface area contributed by atoms with Crippen LogP contribution in [-0.4, -0.2) is 38.2 Å². The molecule has 0 spiro atoms. The van der Waals surface area contributed by atoms with E-state index in [9.17, 15) is 4.79 Å². The molecule has 1 amide bonds. The Morgan fingerprint density at radius 3 is 2.45 bits per heavy atom. The van der Waals surface area contributed by atoms with Crippen molar-refractivity contribution < 1.29 is 4.79 Å². The Kier molecular flexibility index (Phi) is 7.45. The second kappa shape index (κ2) is 10.3. The number of nitrogen functional groups attached to an aromatic ring is 1. The number of carbonyl (C=O) groups excluding carboxylic acids is 1. The second-order valence-corrected chi connectivity index (χ2v) is 7.92. The molecule has 0 radical (unpaired) electrons. The quantitative estimate of drug-likeness (QED) is 0.322. The topological polar surface area (TPSA) is 101 Å². The number of hydrogen-bond acceptors (Lipinski definition) is 4. The molecule has 0 fully saturated rings. The van der Waals surface area contributed by atoms with Gasteiger partial charge in [0.2, 0.25) is 0 Å². The lowest BCUT2D eigenvalue weighted by molar-refractivity contribution is 0.0785. The van der Waals surface area contributed by atoms with Crippen LogP contribution in [0.15, 0.2) is 67.0 Å². The lowest BCUT2D eigenvalue weighted by Crippen LogP contribution is -2.26. The number of rotatable bonds is 7. The van der Waals surface area contributed by atoms with E-state index in [2.05, 4.69) is 9.55 Å². The van der Waals surface area contributed by atoms with Crippen molar-refractivity contribution in [1.82, 2.24) is 19.4 Å². The minimum absolute atomic E-state index is 0. The van der Waals surface area contributed by atoms with Gasteiger partial charge in [0.25, 0.3) is 5.91 Å². The summed E-state index contributed by atoms with van der Waals surface area (Å²) in [4.78, 5) is 23.5. The molecule has 33 heavy (non-hydrogen) atoms. The first-order valence-corrected chi connectivity index (χ1v) is 10.5. The third-order valence-corrected chi connectivity index (χ3v) is 5.61. The molecular formula is C25H27ClN6O. The molecule has 0 atom stereocenters. The van der Waals surface area contributed by atoms with Crippen LogP contribution in [0.5, 0.6) is 0 Å². The molecule has 2 heterocycles. The largest absolute Gasteiger partial charge is 0.384 e. The molecule has 0 aliphatic rings. The van der Waals surface area contributed by atoms with Crippen molar-refractivity contribution in [3.63, 3.8) is 0 Å². The summed E-state index contributed by atoms with van der Waals surface area (Å²) in [5, 5.41) is 7.50. The number of nitrogens with zero attached hydrogens (tertiary/aromatic N) is 4. The Morgan fingerprint density at radius 1 is 1.06 bits per heavy atom. The van der Waals surface area contributed by atoms with Crippen molar-refractivity contribution in [2.24, 2.45) is 12.8 Å². The maximum Gasteiger partial charge on any atom is 0.253 e. The lowest BCUT2D eigenvalue weighted by atomic mass is 10.1. The highest BCUT2D eigenvalue weighted by molar-refractivity contribution is 5.97. The lowest BCUT2D eigenvalue weighted by Gasteiger charge is -2.17. The van der Waals surface area contributed by atoms with Gasteiger partial charge in [0.1, 0.15) is 11.7 Å². The minimum atomic E-state index is -0.0477. The van der Waals surface area contributed by atoms with Crippen molar-refractivity contribution in [3.05, 3.63) is 95.1 Å². The third-order valence-electron chi connectivity index (χ3n) is 5.61. The first-order valence-electron chi connectivity index (χ1n) is 10.5. The zero-order valence-electron chi connectivity index (χ0n) is 18.7. The van der Waals surface area contributed by atoms with Gasteiger partial charge in [-0.2, -0.15) is 0 Å². The summed E-state index contributed by atoms with van der Waals surface area (Å²) in [6.07, 6.45) is 5.09. The summed E-state index contributed by atoms with van der Waals surface area (Å²) in [5.41, 5.74) is 10.8. The highest BCUT2D eigenvalue weighted by atomic mass is 35.5. The number of amidine groups is 1. The molecule has 0 aliphatic carbocycles. The van der Waals surface area contributed by atoms with E-state index in [0.29, 0.717) is 12.1 Å². The molecule has 2 aromatic carbocycles. The fourth-order valence-corrected chi connectivity index (χ4v) is 3.77. The number of imidazole rings is 1. The van der Waals surface area contributed by atoms with Crippen LogP contribution >= 0.6 is 12.4 Å². The third kappa shape index (κ3) is 5.38. The number of halogens is 1. The van der Waals surface area contributed by atoms with Gasteiger partial charge in [-0.05, 0) is 41.8 Å². The van der Waals surface area contributed by atoms with Gasteiger partial charge < -0.3 is 15.2 Å². The predicted octanol–water partition coefficient (Wildman–Crippen LogP) is 3.73. The highest BCUT2D eigenvalue weighted by Crippen LogP contribution is 2.19. The number of fused-ring (bicyclic) bond motifs is 1. The summed E-state index contributed by atoms with van der Waals surface area (Å²) in [6, 6.07) is 17.2. The molecule has 8 heteroatoms. The number of pyridine rings is 1. The summed E-state index contributed by atoms with van der Waals surface area (Å²) in [7, 11) is 3.79. The molecule has 4 rings (SSSR count). The van der Waals surface area contributed by atoms with Gasteiger partial charge in [0.15, 0.2) is 0 Å². The maximum atomic E-state index is 12.9. The van der Waals surface area contributed by atoms with Crippen molar-refractivity contribution >= 4 is 35.2 Å². The van der Waals surface area contributed by atoms with Gasteiger partial charge in [0.05, 0.1) is 11.0 Å². The predicted molar refractivity (Wildman–Crippen MR) is 133 cm³/mol. The molecule has 0 saturated heterocycles. The average molecular weight is 463 g/mol. The van der Waals surface area contributed by atoms with Gasteiger partial charge in [-0.25, -0.2) is 4.98 Å². The van der Waals surface area contributed by atoms with Crippen LogP contribution in [0.4, 0.5) is 0 Å². The second-order valence-electron chi connectivity index (χ2n) is 7.92. The SMILES string of the molecule is CN(Cc1cccnc1)C(=O)c1ccc2c(c1)nc(CCc1ccc(C(=N)N)cc1)n2C.Cl. The van der Waals surface area contributed by atoms with E-state index >= 15 is 0 Å². The average Bonchev–Trinajstić information content (AvgIpc) is 3.12. The molecule has 2 aromatic heterocycles. The Labute approximate surface area is 199 Å². The number of nitrogens with two attached hydrogens (primary N) is 1. The molecule has 0 aliphatic heterocycles. The summed E-state index contributed by atoms with van der Waals surface area (Å²) in [5.74, 6) is 0.987. The van der Waals surface area contributed by atoms with Gasteiger partial charge >= 0.3 is 0 Å². The number of carbonyl (C=O) groups is 1. The number of amides is 1. The van der Waals surface area contributed by atoms with Gasteiger partial charge in [-0.1, -0.05) is 30.3 Å². The Hall–Kier alpha value is -3.71. The molecule has 7 nitrogen and oxygen atoms in total. The van der Waals surface area contributed by atoms with E-state index in [1.807, 2.05) is 61.6 Å². The highest BCUT2D eigenvalue weighted by Gasteiger charge is 2.15. The van der Waals surface area contributed by atoms with Crippen molar-refractivity contribution in [2.45, 2.75) is 19.4 Å². The normalized spacial score (nSPS) is 10.6. The molecule has 4 aromatic rings. The van der Waals surface area contributed by atoms with Crippen molar-refractivity contribution in [1.29, 1.82) is 5.41 Å². The Balaban J connectivity index is 0.00000306. The van der Waals surface area contributed by atoms with E-state index in [0.717, 1.165) is 46.4 Å². The van der Waals surface area contributed by atoms with Crippen LogP contribution in [0.3, 0.4) is 0 Å². The van der Waals surface area contributed by atoms with Crippen LogP contribution < -0.4 is 5.73 Å². The molecule has 0 unspecified atom stereocenters. The first-order chi connectivity index (χ1) is 15.4. The van der Waals surface area contributed by atoms with Crippen LogP contribution in [0, 0.1) is 5.41 Å². The number of aromatic nitrogens is 3. The van der Waals surface area contributed by atoms with Gasteiger partial charge in [-0.15, -0.1) is 12.4 Å².